The summed E-state index contributed by atoms with van der Waals surface area (Å²) in [4.78, 5) is 17.1. The number of thioether (sulfide) groups is 1. The first kappa shape index (κ1) is 18.1. The molecule has 1 N–H and O–H groups in total. The van der Waals surface area contributed by atoms with E-state index in [0.29, 0.717) is 17.2 Å². The van der Waals surface area contributed by atoms with Gasteiger partial charge in [0.1, 0.15) is 0 Å². The molecule has 28 heavy (non-hydrogen) atoms. The molecule has 0 aliphatic carbocycles. The van der Waals surface area contributed by atoms with Crippen molar-refractivity contribution in [2.24, 2.45) is 0 Å². The summed E-state index contributed by atoms with van der Waals surface area (Å²) in [5, 5.41) is 15.8. The molecule has 0 fully saturated rings. The zero-order valence-corrected chi connectivity index (χ0v) is 16.1. The van der Waals surface area contributed by atoms with Gasteiger partial charge in [-0.15, -0.1) is 22.0 Å². The summed E-state index contributed by atoms with van der Waals surface area (Å²) < 4.78 is 1.67. The number of pyridine rings is 1. The van der Waals surface area contributed by atoms with Crippen molar-refractivity contribution in [1.29, 1.82) is 0 Å². The monoisotopic (exact) mass is 390 g/mol. The SMILES string of the molecule is Cc1ccc(-c2ccc3nnc(CNC(=O)CSc4ccncc4)n3n2)cc1. The quantitative estimate of drug-likeness (QED) is 0.510. The third kappa shape index (κ3) is 4.17. The molecule has 0 radical (unpaired) electrons. The zero-order chi connectivity index (χ0) is 19.3. The standard InChI is InChI=1S/C20H18N6OS/c1-14-2-4-15(5-3-14)17-6-7-18-23-24-19(26(18)25-17)12-22-20(27)13-28-16-8-10-21-11-9-16/h2-11H,12-13H2,1H3,(H,22,27). The van der Waals surface area contributed by atoms with Gasteiger partial charge in [-0.1, -0.05) is 29.8 Å². The van der Waals surface area contributed by atoms with Gasteiger partial charge in [0.25, 0.3) is 0 Å². The number of nitrogens with one attached hydrogen (secondary N) is 1. The summed E-state index contributed by atoms with van der Waals surface area (Å²) in [7, 11) is 0. The van der Waals surface area contributed by atoms with Crippen LogP contribution in [-0.2, 0) is 11.3 Å². The van der Waals surface area contributed by atoms with Crippen molar-refractivity contribution in [3.63, 3.8) is 0 Å². The van der Waals surface area contributed by atoms with Gasteiger partial charge >= 0.3 is 0 Å². The average Bonchev–Trinajstić information content (AvgIpc) is 3.14. The first-order valence-electron chi connectivity index (χ1n) is 8.77. The highest BCUT2D eigenvalue weighted by Crippen LogP contribution is 2.18. The lowest BCUT2D eigenvalue weighted by atomic mass is 10.1. The number of carbonyl (C=O) groups excluding carboxylic acids is 1. The van der Waals surface area contributed by atoms with E-state index in [9.17, 15) is 4.79 Å². The number of carbonyl (C=O) groups is 1. The molecule has 1 aromatic carbocycles. The molecule has 0 aliphatic rings. The van der Waals surface area contributed by atoms with Crippen LogP contribution in [0.1, 0.15) is 11.4 Å². The van der Waals surface area contributed by atoms with Crippen LogP contribution in [0.15, 0.2) is 65.8 Å². The normalized spacial score (nSPS) is 10.9. The van der Waals surface area contributed by atoms with E-state index in [2.05, 4.69) is 37.7 Å². The molecule has 0 spiro atoms. The zero-order valence-electron chi connectivity index (χ0n) is 15.2. The second-order valence-electron chi connectivity index (χ2n) is 6.22. The predicted octanol–water partition coefficient (Wildman–Crippen LogP) is 2.90. The fourth-order valence-electron chi connectivity index (χ4n) is 2.63. The van der Waals surface area contributed by atoms with E-state index in [0.717, 1.165) is 16.2 Å². The van der Waals surface area contributed by atoms with Crippen LogP contribution in [0, 0.1) is 6.92 Å². The van der Waals surface area contributed by atoms with Crippen LogP contribution in [0.3, 0.4) is 0 Å². The molecular formula is C20H18N6OS. The fourth-order valence-corrected chi connectivity index (χ4v) is 3.35. The molecule has 0 unspecified atom stereocenters. The van der Waals surface area contributed by atoms with Crippen LogP contribution in [0.25, 0.3) is 16.9 Å². The number of benzene rings is 1. The van der Waals surface area contributed by atoms with Gasteiger partial charge in [0.2, 0.25) is 5.91 Å². The number of hydrogen-bond acceptors (Lipinski definition) is 6. The number of amides is 1. The lowest BCUT2D eigenvalue weighted by molar-refractivity contribution is -0.118. The van der Waals surface area contributed by atoms with Gasteiger partial charge < -0.3 is 5.32 Å². The molecule has 0 saturated carbocycles. The van der Waals surface area contributed by atoms with Gasteiger partial charge in [0.05, 0.1) is 18.0 Å². The summed E-state index contributed by atoms with van der Waals surface area (Å²) in [5.41, 5.74) is 3.69. The van der Waals surface area contributed by atoms with E-state index in [-0.39, 0.29) is 12.5 Å². The maximum Gasteiger partial charge on any atom is 0.230 e. The summed E-state index contributed by atoms with van der Waals surface area (Å²) in [6, 6.07) is 15.7. The molecule has 0 bridgehead atoms. The average molecular weight is 390 g/mol. The van der Waals surface area contributed by atoms with Crippen molar-refractivity contribution < 1.29 is 4.79 Å². The maximum absolute atomic E-state index is 12.1. The molecule has 7 nitrogen and oxygen atoms in total. The van der Waals surface area contributed by atoms with Crippen molar-refractivity contribution in [3.8, 4) is 11.3 Å². The summed E-state index contributed by atoms with van der Waals surface area (Å²) >= 11 is 1.46. The smallest absolute Gasteiger partial charge is 0.230 e. The number of rotatable bonds is 6. The van der Waals surface area contributed by atoms with E-state index in [4.69, 9.17) is 0 Å². The Hall–Kier alpha value is -3.26. The summed E-state index contributed by atoms with van der Waals surface area (Å²) in [6.07, 6.45) is 3.42. The third-order valence-corrected chi connectivity index (χ3v) is 5.15. The molecule has 8 heteroatoms. The van der Waals surface area contributed by atoms with E-state index in [1.165, 1.54) is 17.3 Å². The minimum absolute atomic E-state index is 0.0757. The molecule has 4 rings (SSSR count). The molecule has 3 heterocycles. The number of aromatic nitrogens is 5. The van der Waals surface area contributed by atoms with Gasteiger partial charge in [-0.2, -0.15) is 9.61 Å². The van der Waals surface area contributed by atoms with E-state index in [1.54, 1.807) is 16.9 Å². The van der Waals surface area contributed by atoms with Gasteiger partial charge in [0.15, 0.2) is 11.5 Å². The van der Waals surface area contributed by atoms with Crippen molar-refractivity contribution in [3.05, 3.63) is 72.3 Å². The van der Waals surface area contributed by atoms with Crippen LogP contribution in [0.4, 0.5) is 0 Å². The number of aryl methyl sites for hydroxylation is 1. The van der Waals surface area contributed by atoms with Crippen LogP contribution in [-0.4, -0.2) is 36.5 Å². The van der Waals surface area contributed by atoms with Gasteiger partial charge in [-0.05, 0) is 31.2 Å². The largest absolute Gasteiger partial charge is 0.348 e. The minimum atomic E-state index is -0.0757. The van der Waals surface area contributed by atoms with Crippen LogP contribution in [0.2, 0.25) is 0 Å². The Morgan fingerprint density at radius 2 is 1.82 bits per heavy atom. The van der Waals surface area contributed by atoms with E-state index in [1.807, 2.05) is 43.3 Å². The molecule has 4 aromatic rings. The molecule has 1 amide bonds. The fraction of sp³-hybridized carbons (Fsp3) is 0.150. The first-order valence-corrected chi connectivity index (χ1v) is 9.75. The van der Waals surface area contributed by atoms with Crippen molar-refractivity contribution in [2.45, 2.75) is 18.4 Å². The topological polar surface area (TPSA) is 85.1 Å². The lowest BCUT2D eigenvalue weighted by Gasteiger charge is -2.05. The molecule has 0 atom stereocenters. The molecule has 140 valence electrons. The second kappa shape index (κ2) is 8.18. The number of nitrogens with zero attached hydrogens (tertiary/aromatic N) is 5. The Kier molecular flexibility index (Phi) is 5.29. The van der Waals surface area contributed by atoms with Crippen LogP contribution in [0.5, 0.6) is 0 Å². The summed E-state index contributed by atoms with van der Waals surface area (Å²) in [5.74, 6) is 0.836. The Morgan fingerprint density at radius 1 is 1.04 bits per heavy atom. The van der Waals surface area contributed by atoms with E-state index < -0.39 is 0 Å². The van der Waals surface area contributed by atoms with Crippen molar-refractivity contribution in [1.82, 2.24) is 30.1 Å². The Bertz CT molecular complexity index is 1090. The Balaban J connectivity index is 1.44. The first-order chi connectivity index (χ1) is 13.7. The molecular weight excluding hydrogens is 372 g/mol. The summed E-state index contributed by atoms with van der Waals surface area (Å²) in [6.45, 7) is 2.31. The van der Waals surface area contributed by atoms with E-state index >= 15 is 0 Å². The third-order valence-electron chi connectivity index (χ3n) is 4.14. The maximum atomic E-state index is 12.1. The van der Waals surface area contributed by atoms with Crippen LogP contribution < -0.4 is 5.32 Å². The lowest BCUT2D eigenvalue weighted by Crippen LogP contribution is -2.25. The Labute approximate surface area is 166 Å². The van der Waals surface area contributed by atoms with Gasteiger partial charge in [-0.25, -0.2) is 0 Å². The number of hydrogen-bond donors (Lipinski definition) is 1. The molecule has 0 saturated heterocycles. The highest BCUT2D eigenvalue weighted by Gasteiger charge is 2.10. The highest BCUT2D eigenvalue weighted by atomic mass is 32.2. The van der Waals surface area contributed by atoms with Gasteiger partial charge in [0, 0.05) is 22.9 Å². The minimum Gasteiger partial charge on any atom is -0.348 e. The Morgan fingerprint density at radius 3 is 2.61 bits per heavy atom. The molecule has 3 aromatic heterocycles. The van der Waals surface area contributed by atoms with Gasteiger partial charge in [-0.3, -0.25) is 9.78 Å². The van der Waals surface area contributed by atoms with Crippen LogP contribution >= 0.6 is 11.8 Å². The number of fused-ring (bicyclic) bond motifs is 1. The van der Waals surface area contributed by atoms with Crippen molar-refractivity contribution >= 4 is 23.3 Å². The predicted molar refractivity (Wildman–Crippen MR) is 108 cm³/mol. The molecule has 0 aliphatic heterocycles. The van der Waals surface area contributed by atoms with Crippen molar-refractivity contribution in [2.75, 3.05) is 5.75 Å². The second-order valence-corrected chi connectivity index (χ2v) is 7.27. The highest BCUT2D eigenvalue weighted by molar-refractivity contribution is 8.00.